The first-order valence-corrected chi connectivity index (χ1v) is 6.48. The molecule has 0 aromatic rings. The Kier molecular flexibility index (Phi) is 6.25. The Morgan fingerprint density at radius 1 is 1.44 bits per heavy atom. The highest BCUT2D eigenvalue weighted by Gasteiger charge is 2.14. The maximum atomic E-state index is 11.3. The van der Waals surface area contributed by atoms with Gasteiger partial charge in [-0.05, 0) is 18.8 Å². The molecule has 0 bridgehead atoms. The maximum absolute atomic E-state index is 11.3. The fourth-order valence-electron chi connectivity index (χ4n) is 1.51. The van der Waals surface area contributed by atoms with Gasteiger partial charge in [-0.3, -0.25) is 9.59 Å². The Labute approximate surface area is 98.9 Å². The Bertz CT molecular complexity index is 241. The fourth-order valence-corrected chi connectivity index (χ4v) is 2.07. The summed E-state index contributed by atoms with van der Waals surface area (Å²) >= 11 is 1.11. The minimum absolute atomic E-state index is 0.0278. The molecule has 1 rings (SSSR count). The highest BCUT2D eigenvalue weighted by atomic mass is 32.2. The van der Waals surface area contributed by atoms with Crippen molar-refractivity contribution in [2.75, 3.05) is 31.3 Å². The van der Waals surface area contributed by atoms with Crippen LogP contribution >= 0.6 is 11.8 Å². The molecule has 6 heteroatoms. The van der Waals surface area contributed by atoms with Gasteiger partial charge in [-0.25, -0.2) is 0 Å². The van der Waals surface area contributed by atoms with Gasteiger partial charge >= 0.3 is 5.97 Å². The number of carboxylic acid groups (broad SMARTS) is 1. The molecule has 92 valence electrons. The minimum Gasteiger partial charge on any atom is -0.481 e. The summed E-state index contributed by atoms with van der Waals surface area (Å²) in [6.07, 6.45) is 2.14. The van der Waals surface area contributed by atoms with Crippen LogP contribution in [0.4, 0.5) is 0 Å². The molecule has 2 N–H and O–H groups in total. The second-order valence-electron chi connectivity index (χ2n) is 3.77. The number of rotatable bonds is 6. The number of carbonyl (C=O) groups is 2. The SMILES string of the molecule is O=C(O)CSCC(=O)NCC1CCCOC1. The van der Waals surface area contributed by atoms with E-state index in [2.05, 4.69) is 5.32 Å². The molecule has 0 aromatic carbocycles. The van der Waals surface area contributed by atoms with Crippen molar-refractivity contribution in [3.05, 3.63) is 0 Å². The summed E-state index contributed by atoms with van der Waals surface area (Å²) in [5.74, 6) is -0.405. The molecule has 1 saturated heterocycles. The van der Waals surface area contributed by atoms with Gasteiger partial charge < -0.3 is 15.2 Å². The van der Waals surface area contributed by atoms with Gasteiger partial charge in [0, 0.05) is 13.2 Å². The van der Waals surface area contributed by atoms with Crippen LogP contribution < -0.4 is 5.32 Å². The van der Waals surface area contributed by atoms with Crippen molar-refractivity contribution in [2.24, 2.45) is 5.92 Å². The maximum Gasteiger partial charge on any atom is 0.313 e. The molecule has 0 saturated carbocycles. The lowest BCUT2D eigenvalue weighted by Gasteiger charge is -2.22. The Hall–Kier alpha value is -0.750. The van der Waals surface area contributed by atoms with Crippen molar-refractivity contribution >= 4 is 23.6 Å². The van der Waals surface area contributed by atoms with E-state index in [1.807, 2.05) is 0 Å². The minimum atomic E-state index is -0.890. The number of carboxylic acids is 1. The van der Waals surface area contributed by atoms with Gasteiger partial charge in [-0.1, -0.05) is 0 Å². The molecule has 1 unspecified atom stereocenters. The van der Waals surface area contributed by atoms with E-state index < -0.39 is 5.97 Å². The molecular weight excluding hydrogens is 230 g/mol. The molecule has 16 heavy (non-hydrogen) atoms. The smallest absolute Gasteiger partial charge is 0.313 e. The van der Waals surface area contributed by atoms with Gasteiger partial charge in [-0.15, -0.1) is 11.8 Å². The van der Waals surface area contributed by atoms with E-state index in [4.69, 9.17) is 9.84 Å². The Balaban J connectivity index is 2.02. The summed E-state index contributed by atoms with van der Waals surface area (Å²) in [6, 6.07) is 0. The Morgan fingerprint density at radius 2 is 2.25 bits per heavy atom. The summed E-state index contributed by atoms with van der Waals surface area (Å²) in [5.41, 5.74) is 0. The van der Waals surface area contributed by atoms with Crippen LogP contribution in [0.15, 0.2) is 0 Å². The summed E-state index contributed by atoms with van der Waals surface area (Å²) in [7, 11) is 0. The summed E-state index contributed by atoms with van der Waals surface area (Å²) in [6.45, 7) is 2.16. The van der Waals surface area contributed by atoms with Crippen molar-refractivity contribution in [1.29, 1.82) is 0 Å². The summed E-state index contributed by atoms with van der Waals surface area (Å²) in [4.78, 5) is 21.5. The van der Waals surface area contributed by atoms with E-state index in [1.54, 1.807) is 0 Å². The lowest BCUT2D eigenvalue weighted by Crippen LogP contribution is -2.34. The van der Waals surface area contributed by atoms with Crippen molar-refractivity contribution in [2.45, 2.75) is 12.8 Å². The molecular formula is C10H17NO4S. The van der Waals surface area contributed by atoms with Gasteiger partial charge in [0.1, 0.15) is 0 Å². The highest BCUT2D eigenvalue weighted by molar-refractivity contribution is 8.00. The normalized spacial score (nSPS) is 20.4. The molecule has 1 aliphatic rings. The lowest BCUT2D eigenvalue weighted by molar-refractivity contribution is -0.133. The third-order valence-corrected chi connectivity index (χ3v) is 3.22. The zero-order valence-corrected chi connectivity index (χ0v) is 9.92. The summed E-state index contributed by atoms with van der Waals surface area (Å²) in [5, 5.41) is 11.2. The molecule has 5 nitrogen and oxygen atoms in total. The number of hydrogen-bond donors (Lipinski definition) is 2. The standard InChI is InChI=1S/C10H17NO4S/c12-9(6-16-7-10(13)14)11-4-8-2-1-3-15-5-8/h8H,1-7H2,(H,11,12)(H,13,14). The number of carbonyl (C=O) groups excluding carboxylic acids is 1. The summed E-state index contributed by atoms with van der Waals surface area (Å²) < 4.78 is 5.29. The zero-order chi connectivity index (χ0) is 11.8. The fraction of sp³-hybridized carbons (Fsp3) is 0.800. The second kappa shape index (κ2) is 7.51. The topological polar surface area (TPSA) is 75.6 Å². The van der Waals surface area contributed by atoms with Gasteiger partial charge in [0.15, 0.2) is 0 Å². The number of aliphatic carboxylic acids is 1. The molecule has 0 radical (unpaired) electrons. The van der Waals surface area contributed by atoms with Crippen LogP contribution in [-0.4, -0.2) is 48.2 Å². The Morgan fingerprint density at radius 3 is 2.88 bits per heavy atom. The first-order valence-electron chi connectivity index (χ1n) is 5.32. The largest absolute Gasteiger partial charge is 0.481 e. The van der Waals surface area contributed by atoms with Crippen LogP contribution in [0.25, 0.3) is 0 Å². The van der Waals surface area contributed by atoms with Crippen LogP contribution in [0.1, 0.15) is 12.8 Å². The monoisotopic (exact) mass is 247 g/mol. The molecule has 0 spiro atoms. The van der Waals surface area contributed by atoms with Crippen LogP contribution in [0.5, 0.6) is 0 Å². The first-order chi connectivity index (χ1) is 7.68. The number of nitrogens with one attached hydrogen (secondary N) is 1. The van der Waals surface area contributed by atoms with Crippen molar-refractivity contribution in [3.8, 4) is 0 Å². The lowest BCUT2D eigenvalue weighted by atomic mass is 10.0. The van der Waals surface area contributed by atoms with E-state index in [0.29, 0.717) is 19.1 Å². The first kappa shape index (κ1) is 13.3. The van der Waals surface area contributed by atoms with Crippen LogP contribution in [-0.2, 0) is 14.3 Å². The van der Waals surface area contributed by atoms with Crippen molar-refractivity contribution in [3.63, 3.8) is 0 Å². The van der Waals surface area contributed by atoms with Crippen molar-refractivity contribution in [1.82, 2.24) is 5.32 Å². The van der Waals surface area contributed by atoms with Crippen molar-refractivity contribution < 1.29 is 19.4 Å². The van der Waals surface area contributed by atoms with E-state index in [-0.39, 0.29) is 17.4 Å². The predicted octanol–water partition coefficient (Wildman–Crippen LogP) is 0.347. The molecule has 1 fully saturated rings. The third-order valence-electron chi connectivity index (χ3n) is 2.30. The van der Waals surface area contributed by atoms with E-state index in [0.717, 1.165) is 31.2 Å². The average Bonchev–Trinajstić information content (AvgIpc) is 2.27. The zero-order valence-electron chi connectivity index (χ0n) is 9.11. The number of amides is 1. The molecule has 1 amide bonds. The number of hydrogen-bond acceptors (Lipinski definition) is 4. The molecule has 0 aromatic heterocycles. The second-order valence-corrected chi connectivity index (χ2v) is 4.76. The van der Waals surface area contributed by atoms with Crippen LogP contribution in [0.3, 0.4) is 0 Å². The van der Waals surface area contributed by atoms with E-state index in [9.17, 15) is 9.59 Å². The highest BCUT2D eigenvalue weighted by Crippen LogP contribution is 2.12. The van der Waals surface area contributed by atoms with Crippen LogP contribution in [0.2, 0.25) is 0 Å². The number of ether oxygens (including phenoxy) is 1. The van der Waals surface area contributed by atoms with Gasteiger partial charge in [-0.2, -0.15) is 0 Å². The number of thioether (sulfide) groups is 1. The van der Waals surface area contributed by atoms with E-state index in [1.165, 1.54) is 0 Å². The molecule has 1 atom stereocenters. The van der Waals surface area contributed by atoms with Gasteiger partial charge in [0.2, 0.25) is 5.91 Å². The molecule has 1 aliphatic heterocycles. The van der Waals surface area contributed by atoms with Gasteiger partial charge in [0.05, 0.1) is 18.1 Å². The predicted molar refractivity (Wildman–Crippen MR) is 61.5 cm³/mol. The van der Waals surface area contributed by atoms with Gasteiger partial charge in [0.25, 0.3) is 0 Å². The van der Waals surface area contributed by atoms with Crippen LogP contribution in [0, 0.1) is 5.92 Å². The molecule has 0 aliphatic carbocycles. The van der Waals surface area contributed by atoms with E-state index >= 15 is 0 Å². The third kappa shape index (κ3) is 5.97. The quantitative estimate of drug-likeness (QED) is 0.708. The molecule has 1 heterocycles. The average molecular weight is 247 g/mol.